The summed E-state index contributed by atoms with van der Waals surface area (Å²) < 4.78 is 37.5. The fraction of sp³-hybridized carbons (Fsp3) is 0.952. The van der Waals surface area contributed by atoms with Crippen molar-refractivity contribution in [2.75, 3.05) is 26.4 Å². The fourth-order valence-corrected chi connectivity index (χ4v) is 14.6. The Balaban J connectivity index is 1.01. The molecule has 0 aromatic heterocycles. The summed E-state index contributed by atoms with van der Waals surface area (Å²) in [4.78, 5) is 0. The summed E-state index contributed by atoms with van der Waals surface area (Å²) in [6.45, 7) is 15.4. The van der Waals surface area contributed by atoms with Crippen LogP contribution in [0.25, 0.3) is 0 Å². The van der Waals surface area contributed by atoms with Crippen LogP contribution in [-0.4, -0.2) is 146 Å². The van der Waals surface area contributed by atoms with Crippen LogP contribution in [-0.2, 0) is 28.4 Å². The summed E-state index contributed by atoms with van der Waals surface area (Å²) in [6, 6.07) is 0. The maximum atomic E-state index is 12.3. The highest BCUT2D eigenvalue weighted by Crippen LogP contribution is 2.80. The minimum Gasteiger partial charge on any atom is -0.394 e. The van der Waals surface area contributed by atoms with Crippen molar-refractivity contribution in [3.05, 3.63) is 11.6 Å². The van der Waals surface area contributed by atoms with E-state index in [4.69, 9.17) is 28.4 Å². The first-order valence-electron chi connectivity index (χ1n) is 21.1. The number of aliphatic hydroxyl groups excluding tert-OH is 7. The Labute approximate surface area is 330 Å². The molecule has 2 spiro atoms. The molecule has 4 heterocycles. The standard InChI is InChI=1S/C42H68O14/c1-20(2)14-21-17-51-42-18-41(19-52-42)22(34(42)40(21,7)50)8-9-26-38(5)12-11-27(37(3,4)25(38)10-13-39(26,41)6)55-36-32(49)33(29(46)24(16-44)54-36)56-35-31(48)30(47)28(45)23(15-43)53-35/h14,21-36,43-50H,8-13,15-19H2,1-7H3/t21-,22?,23?,24?,25?,26?,27-,28+,29?,30?,31?,32?,33+,34?,35-,36-,38-,39+,40?,41?,42+/m0/s1. The Bertz CT molecular complexity index is 1500. The van der Waals surface area contributed by atoms with E-state index in [1.807, 2.05) is 6.92 Å². The second-order valence-corrected chi connectivity index (χ2v) is 20.5. The molecule has 8 aliphatic rings. The monoisotopic (exact) mass is 796 g/mol. The maximum Gasteiger partial charge on any atom is 0.187 e. The van der Waals surface area contributed by atoms with Crippen molar-refractivity contribution in [3.63, 3.8) is 0 Å². The molecule has 0 radical (unpaired) electrons. The zero-order valence-corrected chi connectivity index (χ0v) is 34.1. The molecule has 4 saturated heterocycles. The summed E-state index contributed by atoms with van der Waals surface area (Å²) in [5.74, 6) is 0.0262. The van der Waals surface area contributed by atoms with E-state index in [1.165, 1.54) is 5.57 Å². The van der Waals surface area contributed by atoms with E-state index < -0.39 is 86.0 Å². The molecule has 21 atom stereocenters. The van der Waals surface area contributed by atoms with Crippen molar-refractivity contribution in [2.24, 2.45) is 51.2 Å². The molecule has 4 saturated carbocycles. The smallest absolute Gasteiger partial charge is 0.187 e. The molecule has 320 valence electrons. The zero-order chi connectivity index (χ0) is 40.5. The van der Waals surface area contributed by atoms with Gasteiger partial charge in [0, 0.05) is 23.7 Å². The van der Waals surface area contributed by atoms with Crippen molar-refractivity contribution >= 4 is 0 Å². The number of ether oxygens (including phenoxy) is 6. The molecular weight excluding hydrogens is 728 g/mol. The molecule has 0 aromatic rings. The summed E-state index contributed by atoms with van der Waals surface area (Å²) >= 11 is 0. The largest absolute Gasteiger partial charge is 0.394 e. The van der Waals surface area contributed by atoms with Crippen LogP contribution >= 0.6 is 0 Å². The van der Waals surface area contributed by atoms with Crippen LogP contribution in [0, 0.1) is 51.2 Å². The average molecular weight is 797 g/mol. The van der Waals surface area contributed by atoms with Crippen molar-refractivity contribution in [2.45, 2.75) is 172 Å². The van der Waals surface area contributed by atoms with Crippen LogP contribution in [0.15, 0.2) is 11.6 Å². The van der Waals surface area contributed by atoms with Crippen LogP contribution in [0.2, 0.25) is 0 Å². The van der Waals surface area contributed by atoms with Crippen molar-refractivity contribution in [1.29, 1.82) is 0 Å². The Morgan fingerprint density at radius 1 is 0.732 bits per heavy atom. The van der Waals surface area contributed by atoms with Gasteiger partial charge in [0.05, 0.1) is 38.1 Å². The second-order valence-electron chi connectivity index (χ2n) is 20.5. The van der Waals surface area contributed by atoms with Crippen LogP contribution in [0.3, 0.4) is 0 Å². The summed E-state index contributed by atoms with van der Waals surface area (Å²) in [7, 11) is 0. The molecule has 0 aromatic carbocycles. The molecule has 14 nitrogen and oxygen atoms in total. The summed E-state index contributed by atoms with van der Waals surface area (Å²) in [5, 5.41) is 86.1. The third-order valence-corrected chi connectivity index (χ3v) is 17.3. The minimum atomic E-state index is -1.75. The number of fused-ring (bicyclic) bond motifs is 4. The van der Waals surface area contributed by atoms with Gasteiger partial charge < -0.3 is 69.3 Å². The van der Waals surface area contributed by atoms with Gasteiger partial charge in [-0.3, -0.25) is 0 Å². The lowest BCUT2D eigenvalue weighted by molar-refractivity contribution is -0.370. The molecular formula is C42H68O14. The first kappa shape index (κ1) is 41.9. The number of rotatable bonds is 7. The van der Waals surface area contributed by atoms with Crippen molar-refractivity contribution < 1.29 is 69.3 Å². The predicted molar refractivity (Wildman–Crippen MR) is 198 cm³/mol. The molecule has 14 heteroatoms. The van der Waals surface area contributed by atoms with E-state index in [9.17, 15) is 40.9 Å². The maximum absolute atomic E-state index is 12.3. The lowest BCUT2D eigenvalue weighted by Crippen LogP contribution is -2.68. The third-order valence-electron chi connectivity index (χ3n) is 17.3. The van der Waals surface area contributed by atoms with E-state index in [2.05, 4.69) is 47.6 Å². The highest BCUT2D eigenvalue weighted by Gasteiger charge is 2.81. The quantitative estimate of drug-likeness (QED) is 0.135. The highest BCUT2D eigenvalue weighted by molar-refractivity contribution is 5.27. The van der Waals surface area contributed by atoms with E-state index in [0.717, 1.165) is 38.5 Å². The molecule has 8 fully saturated rings. The van der Waals surface area contributed by atoms with Gasteiger partial charge in [0.15, 0.2) is 18.4 Å². The molecule has 8 N–H and O–H groups in total. The Kier molecular flexibility index (Phi) is 10.6. The lowest BCUT2D eigenvalue weighted by Gasteiger charge is -2.70. The van der Waals surface area contributed by atoms with E-state index in [-0.39, 0.29) is 45.5 Å². The molecule has 4 aliphatic heterocycles. The summed E-state index contributed by atoms with van der Waals surface area (Å²) in [5.41, 5.74) is -0.302. The van der Waals surface area contributed by atoms with Crippen LogP contribution in [0.1, 0.15) is 93.4 Å². The predicted octanol–water partition coefficient (Wildman–Crippen LogP) is 1.36. The first-order valence-corrected chi connectivity index (χ1v) is 21.1. The van der Waals surface area contributed by atoms with Crippen molar-refractivity contribution in [3.8, 4) is 0 Å². The first-order chi connectivity index (χ1) is 26.2. The number of aliphatic hydroxyl groups is 8. The van der Waals surface area contributed by atoms with Gasteiger partial charge in [-0.1, -0.05) is 39.3 Å². The Morgan fingerprint density at radius 2 is 1.39 bits per heavy atom. The zero-order valence-electron chi connectivity index (χ0n) is 34.1. The molecule has 0 amide bonds. The number of allylic oxidation sites excluding steroid dienone is 1. The normalized spacial score (nSPS) is 57.4. The molecule has 56 heavy (non-hydrogen) atoms. The van der Waals surface area contributed by atoms with Gasteiger partial charge in [-0.15, -0.1) is 0 Å². The lowest BCUT2D eigenvalue weighted by atomic mass is 9.35. The van der Waals surface area contributed by atoms with Gasteiger partial charge in [0.25, 0.3) is 0 Å². The van der Waals surface area contributed by atoms with Crippen molar-refractivity contribution in [1.82, 2.24) is 0 Å². The van der Waals surface area contributed by atoms with Gasteiger partial charge >= 0.3 is 0 Å². The van der Waals surface area contributed by atoms with Crippen LogP contribution in [0.4, 0.5) is 0 Å². The summed E-state index contributed by atoms with van der Waals surface area (Å²) in [6.07, 6.45) is -6.79. The van der Waals surface area contributed by atoms with Crippen LogP contribution in [0.5, 0.6) is 0 Å². The van der Waals surface area contributed by atoms with E-state index in [1.54, 1.807) is 0 Å². The highest BCUT2D eigenvalue weighted by atomic mass is 16.7. The van der Waals surface area contributed by atoms with Gasteiger partial charge in [0.1, 0.15) is 48.8 Å². The Morgan fingerprint density at radius 3 is 2.05 bits per heavy atom. The number of hydrogen-bond acceptors (Lipinski definition) is 14. The second kappa shape index (κ2) is 14.1. The average Bonchev–Trinajstić information content (AvgIpc) is 3.67. The third kappa shape index (κ3) is 5.79. The Hall–Kier alpha value is -0.820. The molecule has 8 rings (SSSR count). The van der Waals surface area contributed by atoms with Crippen LogP contribution < -0.4 is 0 Å². The van der Waals surface area contributed by atoms with Gasteiger partial charge in [-0.25, -0.2) is 0 Å². The van der Waals surface area contributed by atoms with Gasteiger partial charge in [-0.2, -0.15) is 0 Å². The van der Waals surface area contributed by atoms with E-state index >= 15 is 0 Å². The SMILES string of the molecule is CC(C)=C[C@H]1CO[C@]23CC4(CO2)C(CCC2[C@@]5(C)CC[C@H](O[C@@H]6OC(CO)C(O)[C@@H](O[C@@H]7OC(CO)[C@@H](O)C(O)C7O)C6O)C(C)(C)C5CC[C@]24C)C3C1(C)O. The van der Waals surface area contributed by atoms with E-state index in [0.29, 0.717) is 31.5 Å². The topological polar surface area (TPSA) is 217 Å². The molecule has 12 unspecified atom stereocenters. The molecule has 4 aliphatic carbocycles. The number of hydrogen-bond donors (Lipinski definition) is 8. The van der Waals surface area contributed by atoms with Gasteiger partial charge in [-0.05, 0) is 93.3 Å². The minimum absolute atomic E-state index is 0.0284. The van der Waals surface area contributed by atoms with Gasteiger partial charge in [0.2, 0.25) is 0 Å². The molecule has 2 bridgehead atoms. The fourth-order valence-electron chi connectivity index (χ4n) is 14.6.